The molecule has 2 N–H and O–H groups in total. The highest BCUT2D eigenvalue weighted by Crippen LogP contribution is 2.28. The molecule has 1 aromatic heterocycles. The molecule has 9 heteroatoms. The lowest BCUT2D eigenvalue weighted by Gasteiger charge is -2.40. The van der Waals surface area contributed by atoms with Gasteiger partial charge in [-0.1, -0.05) is 0 Å². The second-order valence-corrected chi connectivity index (χ2v) is 5.62. The van der Waals surface area contributed by atoms with Gasteiger partial charge in [-0.15, -0.1) is 0 Å². The Kier molecular flexibility index (Phi) is 4.00. The van der Waals surface area contributed by atoms with Crippen LogP contribution in [-0.4, -0.2) is 51.7 Å². The molecule has 0 spiro atoms. The van der Waals surface area contributed by atoms with E-state index in [1.165, 1.54) is 4.90 Å². The molecule has 8 nitrogen and oxygen atoms in total. The van der Waals surface area contributed by atoms with Crippen molar-refractivity contribution in [3.8, 4) is 6.07 Å². The van der Waals surface area contributed by atoms with E-state index in [1.807, 2.05) is 4.90 Å². The van der Waals surface area contributed by atoms with Crippen LogP contribution in [0.25, 0.3) is 0 Å². The van der Waals surface area contributed by atoms with Crippen molar-refractivity contribution in [3.63, 3.8) is 0 Å². The minimum Gasteiger partial charge on any atom is -0.465 e. The molecule has 0 aliphatic carbocycles. The highest BCUT2D eigenvalue weighted by atomic mass is 35.5. The topological polar surface area (TPSA) is 105 Å². The van der Waals surface area contributed by atoms with Crippen molar-refractivity contribution in [1.82, 2.24) is 20.2 Å². The van der Waals surface area contributed by atoms with Gasteiger partial charge in [-0.05, 0) is 11.6 Å². The Hall–Kier alpha value is -2.11. The number of anilines is 1. The van der Waals surface area contributed by atoms with Crippen LogP contribution in [0.1, 0.15) is 17.7 Å². The first kappa shape index (κ1) is 14.8. The molecule has 2 aliphatic heterocycles. The summed E-state index contributed by atoms with van der Waals surface area (Å²) in [5.41, 5.74) is 1.89. The zero-order valence-corrected chi connectivity index (χ0v) is 12.5. The number of amides is 1. The van der Waals surface area contributed by atoms with E-state index in [9.17, 15) is 9.90 Å². The van der Waals surface area contributed by atoms with Gasteiger partial charge in [-0.2, -0.15) is 5.26 Å². The summed E-state index contributed by atoms with van der Waals surface area (Å²) in [5, 5.41) is 21.6. The van der Waals surface area contributed by atoms with Crippen molar-refractivity contribution in [2.75, 3.05) is 24.5 Å². The SMILES string of the molecule is N#CCC1CN(c2nc(Cl)nc3c2CNC3)CCN1C(=O)O. The van der Waals surface area contributed by atoms with E-state index >= 15 is 0 Å². The van der Waals surface area contributed by atoms with Crippen molar-refractivity contribution < 1.29 is 9.90 Å². The lowest BCUT2D eigenvalue weighted by atomic mass is 10.1. The Morgan fingerprint density at radius 3 is 3.00 bits per heavy atom. The standard InChI is InChI=1S/C13H15ClN6O2/c14-12-17-10-6-16-5-9(10)11(18-12)19-3-4-20(13(21)22)8(7-19)1-2-15/h8,16H,1,3-7H2,(H,21,22). The summed E-state index contributed by atoms with van der Waals surface area (Å²) >= 11 is 5.99. The van der Waals surface area contributed by atoms with E-state index in [1.54, 1.807) is 0 Å². The predicted octanol–water partition coefficient (Wildman–Crippen LogP) is 0.815. The summed E-state index contributed by atoms with van der Waals surface area (Å²) in [4.78, 5) is 23.1. The summed E-state index contributed by atoms with van der Waals surface area (Å²) in [6.45, 7) is 2.62. The summed E-state index contributed by atoms with van der Waals surface area (Å²) < 4.78 is 0. The average molecular weight is 323 g/mol. The molecule has 0 aromatic carbocycles. The largest absolute Gasteiger partial charge is 0.465 e. The van der Waals surface area contributed by atoms with Gasteiger partial charge in [0, 0.05) is 38.3 Å². The molecular formula is C13H15ClN6O2. The van der Waals surface area contributed by atoms with Crippen LogP contribution in [0.15, 0.2) is 0 Å². The summed E-state index contributed by atoms with van der Waals surface area (Å²) in [6, 6.07) is 1.69. The van der Waals surface area contributed by atoms with Gasteiger partial charge in [-0.3, -0.25) is 0 Å². The fourth-order valence-corrected chi connectivity index (χ4v) is 3.14. The fourth-order valence-electron chi connectivity index (χ4n) is 2.96. The molecule has 0 radical (unpaired) electrons. The summed E-state index contributed by atoms with van der Waals surface area (Å²) in [6.07, 6.45) is -0.838. The number of carbonyl (C=O) groups is 1. The number of nitrogens with zero attached hydrogens (tertiary/aromatic N) is 5. The van der Waals surface area contributed by atoms with Gasteiger partial charge in [0.05, 0.1) is 24.2 Å². The Morgan fingerprint density at radius 2 is 2.27 bits per heavy atom. The Bertz CT molecular complexity index is 646. The highest BCUT2D eigenvalue weighted by molar-refractivity contribution is 6.28. The molecular weight excluding hydrogens is 308 g/mol. The van der Waals surface area contributed by atoms with Crippen LogP contribution in [0.2, 0.25) is 5.28 Å². The van der Waals surface area contributed by atoms with Crippen molar-refractivity contribution >= 4 is 23.5 Å². The van der Waals surface area contributed by atoms with Crippen LogP contribution in [0.3, 0.4) is 0 Å². The van der Waals surface area contributed by atoms with Gasteiger partial charge in [0.2, 0.25) is 5.28 Å². The summed E-state index contributed by atoms with van der Waals surface area (Å²) in [5.74, 6) is 0.743. The molecule has 1 saturated heterocycles. The second-order valence-electron chi connectivity index (χ2n) is 5.28. The molecule has 1 atom stereocenters. The highest BCUT2D eigenvalue weighted by Gasteiger charge is 2.33. The smallest absolute Gasteiger partial charge is 0.407 e. The van der Waals surface area contributed by atoms with Crippen LogP contribution < -0.4 is 10.2 Å². The minimum absolute atomic E-state index is 0.155. The first-order valence-electron chi connectivity index (χ1n) is 6.97. The van der Waals surface area contributed by atoms with Crippen LogP contribution in [0.5, 0.6) is 0 Å². The first-order chi connectivity index (χ1) is 10.6. The van der Waals surface area contributed by atoms with Gasteiger partial charge >= 0.3 is 6.09 Å². The Labute approximate surface area is 132 Å². The van der Waals surface area contributed by atoms with Crippen LogP contribution in [0.4, 0.5) is 10.6 Å². The average Bonchev–Trinajstić information content (AvgIpc) is 2.94. The number of carboxylic acid groups (broad SMARTS) is 1. The number of fused-ring (bicyclic) bond motifs is 1. The van der Waals surface area contributed by atoms with Crippen molar-refractivity contribution in [1.29, 1.82) is 5.26 Å². The number of nitriles is 1. The monoisotopic (exact) mass is 322 g/mol. The van der Waals surface area contributed by atoms with Gasteiger partial charge in [0.15, 0.2) is 0 Å². The number of rotatable bonds is 2. The fraction of sp³-hybridized carbons (Fsp3) is 0.538. The van der Waals surface area contributed by atoms with Crippen molar-refractivity contribution in [2.45, 2.75) is 25.6 Å². The predicted molar refractivity (Wildman–Crippen MR) is 78.5 cm³/mol. The van der Waals surface area contributed by atoms with Crippen LogP contribution in [0, 0.1) is 11.3 Å². The van der Waals surface area contributed by atoms with E-state index in [4.69, 9.17) is 16.9 Å². The van der Waals surface area contributed by atoms with Crippen LogP contribution >= 0.6 is 11.6 Å². The number of hydrogen-bond acceptors (Lipinski definition) is 6. The minimum atomic E-state index is -0.993. The van der Waals surface area contributed by atoms with Crippen molar-refractivity contribution in [3.05, 3.63) is 16.5 Å². The summed E-state index contributed by atoms with van der Waals surface area (Å²) in [7, 11) is 0. The number of hydrogen-bond donors (Lipinski definition) is 2. The maximum absolute atomic E-state index is 11.3. The van der Waals surface area contributed by atoms with E-state index in [2.05, 4.69) is 21.4 Å². The van der Waals surface area contributed by atoms with E-state index in [-0.39, 0.29) is 17.7 Å². The van der Waals surface area contributed by atoms with Gasteiger partial charge in [-0.25, -0.2) is 14.8 Å². The second kappa shape index (κ2) is 5.94. The number of nitrogens with one attached hydrogen (secondary N) is 1. The normalized spacial score (nSPS) is 20.6. The molecule has 1 aromatic rings. The zero-order valence-electron chi connectivity index (χ0n) is 11.8. The molecule has 0 bridgehead atoms. The van der Waals surface area contributed by atoms with Gasteiger partial charge in [0.1, 0.15) is 5.82 Å². The molecule has 116 valence electrons. The molecule has 3 heterocycles. The zero-order chi connectivity index (χ0) is 15.7. The maximum atomic E-state index is 11.3. The number of piperazine rings is 1. The van der Waals surface area contributed by atoms with E-state index < -0.39 is 6.09 Å². The lowest BCUT2D eigenvalue weighted by molar-refractivity contribution is 0.119. The molecule has 1 fully saturated rings. The van der Waals surface area contributed by atoms with Crippen LogP contribution in [-0.2, 0) is 13.1 Å². The molecule has 2 aliphatic rings. The van der Waals surface area contributed by atoms with E-state index in [0.29, 0.717) is 32.7 Å². The maximum Gasteiger partial charge on any atom is 0.407 e. The quantitative estimate of drug-likeness (QED) is 0.776. The van der Waals surface area contributed by atoms with Crippen molar-refractivity contribution in [2.24, 2.45) is 0 Å². The molecule has 1 unspecified atom stereocenters. The van der Waals surface area contributed by atoms with Gasteiger partial charge < -0.3 is 20.2 Å². The van der Waals surface area contributed by atoms with E-state index in [0.717, 1.165) is 17.1 Å². The Balaban J connectivity index is 1.88. The van der Waals surface area contributed by atoms with Gasteiger partial charge in [0.25, 0.3) is 0 Å². The number of aromatic nitrogens is 2. The Morgan fingerprint density at radius 1 is 1.45 bits per heavy atom. The molecule has 3 rings (SSSR count). The molecule has 0 saturated carbocycles. The first-order valence-corrected chi connectivity index (χ1v) is 7.35. The third kappa shape index (κ3) is 2.65. The third-order valence-electron chi connectivity index (χ3n) is 3.99. The third-order valence-corrected chi connectivity index (χ3v) is 4.16. The lowest BCUT2D eigenvalue weighted by Crippen LogP contribution is -2.55. The number of halogens is 1. The molecule has 22 heavy (non-hydrogen) atoms. The molecule has 1 amide bonds.